The largest absolute Gasteiger partial charge is 0.369 e. The van der Waals surface area contributed by atoms with Gasteiger partial charge in [0.2, 0.25) is 0 Å². The van der Waals surface area contributed by atoms with Crippen molar-refractivity contribution in [2.45, 2.75) is 12.5 Å². The van der Waals surface area contributed by atoms with Crippen molar-refractivity contribution in [3.8, 4) is 0 Å². The minimum absolute atomic E-state index is 0.0529. The number of ether oxygens (including phenoxy) is 1. The van der Waals surface area contributed by atoms with Crippen LogP contribution in [0.25, 0.3) is 0 Å². The summed E-state index contributed by atoms with van der Waals surface area (Å²) < 4.78 is 5.31. The maximum atomic E-state index is 12.4. The van der Waals surface area contributed by atoms with Gasteiger partial charge in [0.25, 0.3) is 0 Å². The highest BCUT2D eigenvalue weighted by molar-refractivity contribution is 6.42. The summed E-state index contributed by atoms with van der Waals surface area (Å²) in [6, 6.07) is 14.7. The number of methoxy groups -OCH3 is 1. The van der Waals surface area contributed by atoms with Crippen molar-refractivity contribution in [1.29, 1.82) is 0 Å². The molecule has 104 valence electrons. The predicted octanol–water partition coefficient (Wildman–Crippen LogP) is 4.49. The van der Waals surface area contributed by atoms with E-state index in [0.29, 0.717) is 15.6 Å². The molecule has 0 bridgehead atoms. The topological polar surface area (TPSA) is 26.3 Å². The van der Waals surface area contributed by atoms with E-state index in [9.17, 15) is 4.79 Å². The molecule has 0 saturated carbocycles. The first kappa shape index (κ1) is 15.0. The van der Waals surface area contributed by atoms with Crippen molar-refractivity contribution in [2.24, 2.45) is 0 Å². The Morgan fingerprint density at radius 1 is 1.10 bits per heavy atom. The van der Waals surface area contributed by atoms with E-state index in [1.807, 2.05) is 30.3 Å². The molecule has 0 fully saturated rings. The van der Waals surface area contributed by atoms with Gasteiger partial charge in [0.05, 0.1) is 10.0 Å². The molecule has 0 radical (unpaired) electrons. The highest BCUT2D eigenvalue weighted by atomic mass is 35.5. The summed E-state index contributed by atoms with van der Waals surface area (Å²) in [6.07, 6.45) is -0.404. The molecule has 1 atom stereocenters. The van der Waals surface area contributed by atoms with Gasteiger partial charge >= 0.3 is 0 Å². The summed E-state index contributed by atoms with van der Waals surface area (Å²) >= 11 is 12.1. The number of carbonyl (C=O) groups excluding carboxylic acids is 1. The Kier molecular flexibility index (Phi) is 5.18. The van der Waals surface area contributed by atoms with Crippen LogP contribution in [0, 0.1) is 0 Å². The molecule has 0 spiro atoms. The molecule has 20 heavy (non-hydrogen) atoms. The number of halogens is 2. The molecule has 4 heteroatoms. The highest BCUT2D eigenvalue weighted by Crippen LogP contribution is 2.28. The van der Waals surface area contributed by atoms with Crippen LogP contribution >= 0.6 is 23.2 Å². The predicted molar refractivity (Wildman–Crippen MR) is 81.4 cm³/mol. The molecule has 1 unspecified atom stereocenters. The van der Waals surface area contributed by atoms with Crippen LogP contribution in [0.2, 0.25) is 10.0 Å². The molecule has 0 amide bonds. The average molecular weight is 309 g/mol. The second-order valence-corrected chi connectivity index (χ2v) is 5.17. The average Bonchev–Trinajstić information content (AvgIpc) is 2.46. The number of rotatable bonds is 5. The monoisotopic (exact) mass is 308 g/mol. The van der Waals surface area contributed by atoms with Gasteiger partial charge in [-0.05, 0) is 17.2 Å². The Bertz CT molecular complexity index is 597. The number of ketones is 1. The third kappa shape index (κ3) is 3.40. The van der Waals surface area contributed by atoms with E-state index in [0.717, 1.165) is 5.56 Å². The lowest BCUT2D eigenvalue weighted by Gasteiger charge is -2.15. The first-order chi connectivity index (χ1) is 9.63. The molecule has 0 aromatic heterocycles. The van der Waals surface area contributed by atoms with E-state index in [1.54, 1.807) is 18.2 Å². The fourth-order valence-corrected chi connectivity index (χ4v) is 2.43. The second kappa shape index (κ2) is 6.89. The fraction of sp³-hybridized carbons (Fsp3) is 0.188. The smallest absolute Gasteiger partial charge is 0.170 e. The Balaban J connectivity index is 2.20. The van der Waals surface area contributed by atoms with Gasteiger partial charge in [-0.25, -0.2) is 0 Å². The molecule has 2 nitrogen and oxygen atoms in total. The zero-order valence-corrected chi connectivity index (χ0v) is 12.5. The molecule has 0 aliphatic rings. The number of Topliss-reactive ketones (excluding diaryl/α,β-unsaturated/α-hetero) is 1. The zero-order chi connectivity index (χ0) is 14.5. The normalized spacial score (nSPS) is 12.2. The molecule has 2 rings (SSSR count). The standard InChI is InChI=1S/C16H14Cl2O2/c1-20-16(11-6-3-2-4-7-11)14(19)10-12-8-5-9-13(17)15(12)18/h2-9,16H,10H2,1H3. The minimum Gasteiger partial charge on any atom is -0.369 e. The van der Waals surface area contributed by atoms with Crippen LogP contribution in [0.4, 0.5) is 0 Å². The van der Waals surface area contributed by atoms with Crippen LogP contribution in [0.1, 0.15) is 17.2 Å². The first-order valence-electron chi connectivity index (χ1n) is 6.17. The molecule has 2 aromatic carbocycles. The van der Waals surface area contributed by atoms with Crippen LogP contribution in [0.5, 0.6) is 0 Å². The van der Waals surface area contributed by atoms with E-state index < -0.39 is 6.10 Å². The van der Waals surface area contributed by atoms with Crippen molar-refractivity contribution >= 4 is 29.0 Å². The molecular formula is C16H14Cl2O2. The summed E-state index contributed by atoms with van der Waals surface area (Å²) in [5, 5.41) is 0.871. The lowest BCUT2D eigenvalue weighted by molar-refractivity contribution is -0.128. The van der Waals surface area contributed by atoms with Crippen LogP contribution in [0.3, 0.4) is 0 Å². The third-order valence-corrected chi connectivity index (χ3v) is 3.88. The number of carbonyl (C=O) groups is 1. The van der Waals surface area contributed by atoms with Crippen molar-refractivity contribution in [1.82, 2.24) is 0 Å². The van der Waals surface area contributed by atoms with Gasteiger partial charge in [-0.3, -0.25) is 4.79 Å². The zero-order valence-electron chi connectivity index (χ0n) is 11.0. The van der Waals surface area contributed by atoms with Gasteiger partial charge in [-0.1, -0.05) is 65.7 Å². The van der Waals surface area contributed by atoms with Gasteiger partial charge in [-0.15, -0.1) is 0 Å². The third-order valence-electron chi connectivity index (χ3n) is 3.03. The van der Waals surface area contributed by atoms with Crippen molar-refractivity contribution < 1.29 is 9.53 Å². The van der Waals surface area contributed by atoms with Crippen molar-refractivity contribution in [3.63, 3.8) is 0 Å². The van der Waals surface area contributed by atoms with E-state index in [2.05, 4.69) is 0 Å². The molecule has 0 aliphatic heterocycles. The minimum atomic E-state index is -0.591. The Hall–Kier alpha value is -1.35. The van der Waals surface area contributed by atoms with Gasteiger partial charge in [-0.2, -0.15) is 0 Å². The van der Waals surface area contributed by atoms with Crippen LogP contribution in [-0.2, 0) is 16.0 Å². The van der Waals surface area contributed by atoms with Gasteiger partial charge in [0.15, 0.2) is 5.78 Å². The highest BCUT2D eigenvalue weighted by Gasteiger charge is 2.21. The summed E-state index contributed by atoms with van der Waals surface area (Å²) in [6.45, 7) is 0. The Morgan fingerprint density at radius 3 is 2.45 bits per heavy atom. The summed E-state index contributed by atoms with van der Waals surface area (Å²) in [7, 11) is 1.52. The Labute approximate surface area is 128 Å². The summed E-state index contributed by atoms with van der Waals surface area (Å²) in [4.78, 5) is 12.4. The molecule has 0 heterocycles. The van der Waals surface area contributed by atoms with Gasteiger partial charge in [0, 0.05) is 13.5 Å². The lowest BCUT2D eigenvalue weighted by atomic mass is 10.00. The van der Waals surface area contributed by atoms with E-state index in [1.165, 1.54) is 7.11 Å². The summed E-state index contributed by atoms with van der Waals surface area (Å²) in [5.74, 6) is -0.0529. The molecule has 0 N–H and O–H groups in total. The van der Waals surface area contributed by atoms with E-state index in [-0.39, 0.29) is 12.2 Å². The van der Waals surface area contributed by atoms with Gasteiger partial charge in [0.1, 0.15) is 6.10 Å². The number of hydrogen-bond acceptors (Lipinski definition) is 2. The maximum Gasteiger partial charge on any atom is 0.170 e. The molecule has 2 aromatic rings. The van der Waals surface area contributed by atoms with Crippen LogP contribution in [0.15, 0.2) is 48.5 Å². The quantitative estimate of drug-likeness (QED) is 0.813. The number of benzene rings is 2. The van der Waals surface area contributed by atoms with Crippen LogP contribution in [-0.4, -0.2) is 12.9 Å². The number of hydrogen-bond donors (Lipinski definition) is 0. The van der Waals surface area contributed by atoms with Crippen LogP contribution < -0.4 is 0 Å². The molecule has 0 saturated heterocycles. The lowest BCUT2D eigenvalue weighted by Crippen LogP contribution is -2.17. The fourth-order valence-electron chi connectivity index (χ4n) is 2.05. The first-order valence-corrected chi connectivity index (χ1v) is 6.92. The second-order valence-electron chi connectivity index (χ2n) is 4.38. The van der Waals surface area contributed by atoms with Gasteiger partial charge < -0.3 is 4.74 Å². The Morgan fingerprint density at radius 2 is 1.80 bits per heavy atom. The maximum absolute atomic E-state index is 12.4. The van der Waals surface area contributed by atoms with E-state index >= 15 is 0 Å². The SMILES string of the molecule is COC(C(=O)Cc1cccc(Cl)c1Cl)c1ccccc1. The van der Waals surface area contributed by atoms with Crippen molar-refractivity contribution in [2.75, 3.05) is 7.11 Å². The van der Waals surface area contributed by atoms with Crippen molar-refractivity contribution in [3.05, 3.63) is 69.7 Å². The van der Waals surface area contributed by atoms with E-state index in [4.69, 9.17) is 27.9 Å². The molecular weight excluding hydrogens is 295 g/mol. The summed E-state index contributed by atoms with van der Waals surface area (Å²) in [5.41, 5.74) is 1.54. The molecule has 0 aliphatic carbocycles.